The second-order valence-corrected chi connectivity index (χ2v) is 9.38. The van der Waals surface area contributed by atoms with Crippen LogP contribution >= 0.6 is 11.3 Å². The first-order valence-electron chi connectivity index (χ1n) is 10.7. The standard InChI is InChI=1S/C22H26N6O2S/c1-26-19(6-8-23-26)22(30)28-9-2-4-15(12-28)20-24-18-7-10-27(13-16-5-3-11-31-16)14-17(18)21(29)25-20/h3,5-6,8,11,15H,2,4,7,9-10,12-14H2,1H3,(H,24,25,29)/t15-/m0/s1. The molecule has 0 aromatic carbocycles. The van der Waals surface area contributed by atoms with Gasteiger partial charge in [0.05, 0.1) is 11.3 Å². The van der Waals surface area contributed by atoms with Gasteiger partial charge in [-0.2, -0.15) is 5.10 Å². The lowest BCUT2D eigenvalue weighted by molar-refractivity contribution is 0.0693. The SMILES string of the molecule is Cn1nccc1C(=O)N1CCC[C@H](c2nc3c(c(=O)[nH]2)CN(Cc2cccs2)CC3)C1. The summed E-state index contributed by atoms with van der Waals surface area (Å²) in [6, 6.07) is 5.94. The first-order chi connectivity index (χ1) is 15.1. The molecule has 0 unspecified atom stereocenters. The van der Waals surface area contributed by atoms with E-state index < -0.39 is 0 Å². The Kier molecular flexibility index (Phi) is 5.45. The lowest BCUT2D eigenvalue weighted by atomic mass is 9.96. The molecule has 0 bridgehead atoms. The van der Waals surface area contributed by atoms with Crippen LogP contribution in [0, 0.1) is 0 Å². The monoisotopic (exact) mass is 438 g/mol. The Morgan fingerprint density at radius 2 is 2.23 bits per heavy atom. The molecule has 5 rings (SSSR count). The predicted octanol–water partition coefficient (Wildman–Crippen LogP) is 2.14. The molecule has 1 N–H and O–H groups in total. The van der Waals surface area contributed by atoms with Crippen LogP contribution in [0.2, 0.25) is 0 Å². The molecule has 2 aliphatic heterocycles. The number of amides is 1. The molecule has 2 aliphatic rings. The maximum atomic E-state index is 12.9. The highest BCUT2D eigenvalue weighted by atomic mass is 32.1. The summed E-state index contributed by atoms with van der Waals surface area (Å²) < 4.78 is 1.60. The topological polar surface area (TPSA) is 87.1 Å². The van der Waals surface area contributed by atoms with Crippen molar-refractivity contribution in [1.82, 2.24) is 29.5 Å². The lowest BCUT2D eigenvalue weighted by Crippen LogP contribution is -2.41. The van der Waals surface area contributed by atoms with E-state index in [1.807, 2.05) is 4.90 Å². The zero-order valence-corrected chi connectivity index (χ0v) is 18.4. The summed E-state index contributed by atoms with van der Waals surface area (Å²) in [6.07, 6.45) is 4.23. The number of hydrogen-bond donors (Lipinski definition) is 1. The molecule has 162 valence electrons. The normalized spacial score (nSPS) is 19.4. The van der Waals surface area contributed by atoms with Gasteiger partial charge in [0.2, 0.25) is 0 Å². The number of H-pyrrole nitrogens is 1. The van der Waals surface area contributed by atoms with Crippen molar-refractivity contribution < 1.29 is 4.79 Å². The highest BCUT2D eigenvalue weighted by Crippen LogP contribution is 2.26. The van der Waals surface area contributed by atoms with Gasteiger partial charge >= 0.3 is 0 Å². The fourth-order valence-corrected chi connectivity index (χ4v) is 5.33. The van der Waals surface area contributed by atoms with Gasteiger partial charge in [0.25, 0.3) is 11.5 Å². The van der Waals surface area contributed by atoms with Gasteiger partial charge in [-0.25, -0.2) is 4.98 Å². The summed E-state index contributed by atoms with van der Waals surface area (Å²) in [5.74, 6) is 0.750. The van der Waals surface area contributed by atoms with Crippen LogP contribution in [0.4, 0.5) is 0 Å². The van der Waals surface area contributed by atoms with Crippen molar-refractivity contribution in [1.29, 1.82) is 0 Å². The second-order valence-electron chi connectivity index (χ2n) is 8.35. The molecule has 31 heavy (non-hydrogen) atoms. The minimum atomic E-state index is -0.0361. The fourth-order valence-electron chi connectivity index (χ4n) is 4.58. The van der Waals surface area contributed by atoms with E-state index in [4.69, 9.17) is 4.98 Å². The van der Waals surface area contributed by atoms with Gasteiger partial charge in [0, 0.05) is 63.2 Å². The number of nitrogens with one attached hydrogen (secondary N) is 1. The number of nitrogens with zero attached hydrogens (tertiary/aromatic N) is 5. The number of hydrogen-bond acceptors (Lipinski definition) is 6. The van der Waals surface area contributed by atoms with Crippen molar-refractivity contribution in [2.75, 3.05) is 19.6 Å². The summed E-state index contributed by atoms with van der Waals surface area (Å²) >= 11 is 1.74. The van der Waals surface area contributed by atoms with Gasteiger partial charge in [-0.05, 0) is 30.4 Å². The van der Waals surface area contributed by atoms with Gasteiger partial charge in [0.15, 0.2) is 0 Å². The van der Waals surface area contributed by atoms with Crippen molar-refractivity contribution in [3.05, 3.63) is 67.8 Å². The number of piperidine rings is 1. The quantitative estimate of drug-likeness (QED) is 0.674. The summed E-state index contributed by atoms with van der Waals surface area (Å²) in [5.41, 5.74) is 2.24. The summed E-state index contributed by atoms with van der Waals surface area (Å²) in [6.45, 7) is 3.68. The fraction of sp³-hybridized carbons (Fsp3) is 0.455. The molecule has 5 heterocycles. The Labute approximate surface area is 184 Å². The highest BCUT2D eigenvalue weighted by molar-refractivity contribution is 7.09. The van der Waals surface area contributed by atoms with Crippen LogP contribution in [0.5, 0.6) is 0 Å². The van der Waals surface area contributed by atoms with Crippen molar-refractivity contribution in [3.63, 3.8) is 0 Å². The molecule has 1 atom stereocenters. The van der Waals surface area contributed by atoms with Crippen LogP contribution in [0.1, 0.15) is 51.2 Å². The van der Waals surface area contributed by atoms with Crippen LogP contribution in [0.3, 0.4) is 0 Å². The maximum Gasteiger partial charge on any atom is 0.272 e. The highest BCUT2D eigenvalue weighted by Gasteiger charge is 2.30. The van der Waals surface area contributed by atoms with E-state index in [0.717, 1.165) is 49.4 Å². The van der Waals surface area contributed by atoms with Gasteiger partial charge in [0.1, 0.15) is 11.5 Å². The van der Waals surface area contributed by atoms with E-state index in [0.29, 0.717) is 25.3 Å². The number of thiophene rings is 1. The van der Waals surface area contributed by atoms with E-state index in [-0.39, 0.29) is 17.4 Å². The number of rotatable bonds is 4. The lowest BCUT2D eigenvalue weighted by Gasteiger charge is -2.33. The Morgan fingerprint density at radius 3 is 3.00 bits per heavy atom. The molecular weight excluding hydrogens is 412 g/mol. The van der Waals surface area contributed by atoms with Crippen LogP contribution in [0.25, 0.3) is 0 Å². The third-order valence-electron chi connectivity index (χ3n) is 6.26. The third-order valence-corrected chi connectivity index (χ3v) is 7.12. The number of aromatic amines is 1. The molecule has 3 aromatic heterocycles. The average Bonchev–Trinajstić information content (AvgIpc) is 3.45. The molecule has 0 aliphatic carbocycles. The molecule has 1 saturated heterocycles. The number of aromatic nitrogens is 4. The molecule has 3 aromatic rings. The molecule has 1 fully saturated rings. The average molecular weight is 439 g/mol. The van der Waals surface area contributed by atoms with E-state index >= 15 is 0 Å². The molecule has 0 spiro atoms. The zero-order valence-electron chi connectivity index (χ0n) is 17.6. The van der Waals surface area contributed by atoms with Crippen molar-refractivity contribution in [2.24, 2.45) is 7.05 Å². The number of carbonyl (C=O) groups is 1. The molecule has 0 radical (unpaired) electrons. The Hall–Kier alpha value is -2.78. The molecule has 9 heteroatoms. The maximum absolute atomic E-state index is 12.9. The zero-order chi connectivity index (χ0) is 21.4. The first kappa shape index (κ1) is 20.1. The summed E-state index contributed by atoms with van der Waals surface area (Å²) in [4.78, 5) is 39.2. The molecule has 8 nitrogen and oxygen atoms in total. The van der Waals surface area contributed by atoms with Gasteiger partial charge in [-0.1, -0.05) is 6.07 Å². The minimum absolute atomic E-state index is 0.0192. The van der Waals surface area contributed by atoms with E-state index in [2.05, 4.69) is 32.5 Å². The Balaban J connectivity index is 1.32. The number of carbonyl (C=O) groups excluding carboxylic acids is 1. The second kappa shape index (κ2) is 8.39. The predicted molar refractivity (Wildman–Crippen MR) is 118 cm³/mol. The van der Waals surface area contributed by atoms with Crippen LogP contribution in [0.15, 0.2) is 34.6 Å². The number of likely N-dealkylation sites (tertiary alicyclic amines) is 1. The van der Waals surface area contributed by atoms with Gasteiger partial charge < -0.3 is 9.88 Å². The smallest absolute Gasteiger partial charge is 0.272 e. The molecule has 1 amide bonds. The van der Waals surface area contributed by atoms with E-state index in [1.165, 1.54) is 4.88 Å². The third kappa shape index (κ3) is 4.07. The van der Waals surface area contributed by atoms with Crippen LogP contribution in [-0.2, 0) is 26.6 Å². The van der Waals surface area contributed by atoms with Crippen LogP contribution in [-0.4, -0.2) is 55.1 Å². The van der Waals surface area contributed by atoms with Crippen molar-refractivity contribution >= 4 is 17.2 Å². The largest absolute Gasteiger partial charge is 0.337 e. The minimum Gasteiger partial charge on any atom is -0.337 e. The van der Waals surface area contributed by atoms with E-state index in [9.17, 15) is 9.59 Å². The Bertz CT molecular complexity index is 1140. The van der Waals surface area contributed by atoms with Gasteiger partial charge in [-0.15, -0.1) is 11.3 Å². The summed E-state index contributed by atoms with van der Waals surface area (Å²) in [5, 5.41) is 6.19. The van der Waals surface area contributed by atoms with E-state index in [1.54, 1.807) is 35.3 Å². The van der Waals surface area contributed by atoms with Crippen LogP contribution < -0.4 is 5.56 Å². The van der Waals surface area contributed by atoms with Crippen molar-refractivity contribution in [2.45, 2.75) is 38.3 Å². The molecular formula is C22H26N6O2S. The molecule has 0 saturated carbocycles. The van der Waals surface area contributed by atoms with Gasteiger partial charge in [-0.3, -0.25) is 19.2 Å². The summed E-state index contributed by atoms with van der Waals surface area (Å²) in [7, 11) is 1.78. The number of fused-ring (bicyclic) bond motifs is 1. The number of aryl methyl sites for hydroxylation is 1. The Morgan fingerprint density at radius 1 is 1.32 bits per heavy atom. The van der Waals surface area contributed by atoms with Crippen molar-refractivity contribution in [3.8, 4) is 0 Å². The first-order valence-corrected chi connectivity index (χ1v) is 11.6.